The standard InChI is InChI=1S/C10H7FN2OS/c1-6-9(5-14)15-10(13-6)7-2-8(11)4-12-3-7/h2-5H,1H3. The van der Waals surface area contributed by atoms with Crippen molar-refractivity contribution in [3.8, 4) is 10.6 Å². The molecule has 0 atom stereocenters. The Morgan fingerprint density at radius 1 is 1.47 bits per heavy atom. The number of hydrogen-bond acceptors (Lipinski definition) is 4. The van der Waals surface area contributed by atoms with E-state index in [0.717, 1.165) is 12.5 Å². The second kappa shape index (κ2) is 3.86. The fourth-order valence-electron chi connectivity index (χ4n) is 1.17. The quantitative estimate of drug-likeness (QED) is 0.733. The first-order chi connectivity index (χ1) is 7.20. The molecule has 5 heteroatoms. The molecule has 76 valence electrons. The summed E-state index contributed by atoms with van der Waals surface area (Å²) in [6.45, 7) is 1.75. The summed E-state index contributed by atoms with van der Waals surface area (Å²) in [4.78, 5) is 19.1. The van der Waals surface area contributed by atoms with Crippen molar-refractivity contribution in [3.05, 3.63) is 34.8 Å². The number of carbonyl (C=O) groups is 1. The first-order valence-electron chi connectivity index (χ1n) is 4.24. The third-order valence-electron chi connectivity index (χ3n) is 1.89. The predicted octanol–water partition coefficient (Wildman–Crippen LogP) is 2.47. The van der Waals surface area contributed by atoms with E-state index in [0.29, 0.717) is 21.1 Å². The van der Waals surface area contributed by atoms with Gasteiger partial charge in [-0.1, -0.05) is 0 Å². The molecule has 0 aromatic carbocycles. The van der Waals surface area contributed by atoms with Gasteiger partial charge in [0, 0.05) is 11.8 Å². The average molecular weight is 222 g/mol. The molecule has 0 spiro atoms. The molecule has 0 saturated heterocycles. The van der Waals surface area contributed by atoms with Crippen molar-refractivity contribution in [1.82, 2.24) is 9.97 Å². The minimum Gasteiger partial charge on any atom is -0.297 e. The summed E-state index contributed by atoms with van der Waals surface area (Å²) in [6, 6.07) is 1.35. The zero-order valence-corrected chi connectivity index (χ0v) is 8.71. The fourth-order valence-corrected chi connectivity index (χ4v) is 2.03. The minimum absolute atomic E-state index is 0.409. The van der Waals surface area contributed by atoms with E-state index < -0.39 is 5.82 Å². The van der Waals surface area contributed by atoms with Crippen LogP contribution < -0.4 is 0 Å². The van der Waals surface area contributed by atoms with Gasteiger partial charge in [-0.05, 0) is 13.0 Å². The Morgan fingerprint density at radius 3 is 2.87 bits per heavy atom. The molecule has 0 N–H and O–H groups in total. The highest BCUT2D eigenvalue weighted by Gasteiger charge is 2.09. The van der Waals surface area contributed by atoms with Gasteiger partial charge in [-0.25, -0.2) is 9.37 Å². The summed E-state index contributed by atoms with van der Waals surface area (Å²) < 4.78 is 12.9. The second-order valence-electron chi connectivity index (χ2n) is 2.98. The maximum absolute atomic E-state index is 12.9. The van der Waals surface area contributed by atoms with Crippen LogP contribution in [0.15, 0.2) is 18.5 Å². The highest BCUT2D eigenvalue weighted by Crippen LogP contribution is 2.26. The zero-order valence-electron chi connectivity index (χ0n) is 7.90. The lowest BCUT2D eigenvalue weighted by Crippen LogP contribution is -1.82. The van der Waals surface area contributed by atoms with Gasteiger partial charge in [-0.15, -0.1) is 11.3 Å². The number of aromatic nitrogens is 2. The Balaban J connectivity index is 2.49. The van der Waals surface area contributed by atoms with Gasteiger partial charge in [0.15, 0.2) is 6.29 Å². The molecule has 3 nitrogen and oxygen atoms in total. The summed E-state index contributed by atoms with van der Waals surface area (Å²) in [5.74, 6) is -0.409. The molecule has 0 fully saturated rings. The van der Waals surface area contributed by atoms with Gasteiger partial charge < -0.3 is 0 Å². The molecule has 0 unspecified atom stereocenters. The highest BCUT2D eigenvalue weighted by atomic mass is 32.1. The largest absolute Gasteiger partial charge is 0.297 e. The average Bonchev–Trinajstić information content (AvgIpc) is 2.60. The molecule has 2 rings (SSSR count). The summed E-state index contributed by atoms with van der Waals surface area (Å²) in [7, 11) is 0. The molecule has 2 aromatic heterocycles. The number of pyridine rings is 1. The maximum atomic E-state index is 12.9. The lowest BCUT2D eigenvalue weighted by Gasteiger charge is -1.93. The van der Waals surface area contributed by atoms with Crippen LogP contribution in [0, 0.1) is 12.7 Å². The third-order valence-corrected chi connectivity index (χ3v) is 3.02. The number of hydrogen-bond donors (Lipinski definition) is 0. The molecule has 0 aliphatic heterocycles. The van der Waals surface area contributed by atoms with Crippen LogP contribution in [-0.4, -0.2) is 16.3 Å². The molecule has 2 heterocycles. The fraction of sp³-hybridized carbons (Fsp3) is 0.100. The van der Waals surface area contributed by atoms with Gasteiger partial charge in [0.1, 0.15) is 10.8 Å². The van der Waals surface area contributed by atoms with Crippen LogP contribution in [0.5, 0.6) is 0 Å². The molecule has 15 heavy (non-hydrogen) atoms. The predicted molar refractivity (Wildman–Crippen MR) is 55.4 cm³/mol. The number of aldehydes is 1. The molecule has 0 aliphatic carbocycles. The lowest BCUT2D eigenvalue weighted by atomic mass is 10.3. The Bertz CT molecular complexity index is 510. The van der Waals surface area contributed by atoms with Gasteiger partial charge in [0.25, 0.3) is 0 Å². The van der Waals surface area contributed by atoms with E-state index in [1.807, 2.05) is 0 Å². The van der Waals surface area contributed by atoms with Crippen molar-refractivity contribution in [2.75, 3.05) is 0 Å². The second-order valence-corrected chi connectivity index (χ2v) is 4.01. The van der Waals surface area contributed by atoms with E-state index in [1.54, 1.807) is 6.92 Å². The number of thiazole rings is 1. The van der Waals surface area contributed by atoms with Crippen molar-refractivity contribution >= 4 is 17.6 Å². The van der Waals surface area contributed by atoms with Crippen molar-refractivity contribution in [3.63, 3.8) is 0 Å². The Hall–Kier alpha value is -1.62. The smallest absolute Gasteiger partial charge is 0.161 e. The monoisotopic (exact) mass is 222 g/mol. The van der Waals surface area contributed by atoms with Crippen LogP contribution in [0.2, 0.25) is 0 Å². The Kier molecular flexibility index (Phi) is 2.55. The number of halogens is 1. The Morgan fingerprint density at radius 2 is 2.27 bits per heavy atom. The topological polar surface area (TPSA) is 42.9 Å². The molecule has 0 amide bonds. The van der Waals surface area contributed by atoms with Crippen LogP contribution in [0.3, 0.4) is 0 Å². The van der Waals surface area contributed by atoms with E-state index in [9.17, 15) is 9.18 Å². The molecule has 0 bridgehead atoms. The first-order valence-corrected chi connectivity index (χ1v) is 5.06. The van der Waals surface area contributed by atoms with Gasteiger partial charge in [-0.2, -0.15) is 0 Å². The number of carbonyl (C=O) groups excluding carboxylic acids is 1. The van der Waals surface area contributed by atoms with Crippen molar-refractivity contribution in [2.45, 2.75) is 6.92 Å². The van der Waals surface area contributed by atoms with Gasteiger partial charge >= 0.3 is 0 Å². The Labute approximate surface area is 89.6 Å². The first kappa shape index (κ1) is 9.92. The molecule has 0 aliphatic rings. The van der Waals surface area contributed by atoms with Crippen molar-refractivity contribution in [1.29, 1.82) is 0 Å². The summed E-state index contributed by atoms with van der Waals surface area (Å²) >= 11 is 1.24. The van der Waals surface area contributed by atoms with Crippen LogP contribution in [-0.2, 0) is 0 Å². The van der Waals surface area contributed by atoms with E-state index >= 15 is 0 Å². The van der Waals surface area contributed by atoms with Crippen molar-refractivity contribution in [2.24, 2.45) is 0 Å². The summed E-state index contributed by atoms with van der Waals surface area (Å²) in [6.07, 6.45) is 3.41. The molecule has 0 radical (unpaired) electrons. The van der Waals surface area contributed by atoms with Crippen molar-refractivity contribution < 1.29 is 9.18 Å². The summed E-state index contributed by atoms with van der Waals surface area (Å²) in [5, 5.41) is 0.613. The molecular formula is C10H7FN2OS. The normalized spacial score (nSPS) is 10.3. The van der Waals surface area contributed by atoms with Crippen LogP contribution in [0.1, 0.15) is 15.4 Å². The zero-order chi connectivity index (χ0) is 10.8. The SMILES string of the molecule is Cc1nc(-c2cncc(F)c2)sc1C=O. The maximum Gasteiger partial charge on any atom is 0.161 e. The van der Waals surface area contributed by atoms with Crippen LogP contribution in [0.4, 0.5) is 4.39 Å². The highest BCUT2D eigenvalue weighted by molar-refractivity contribution is 7.16. The van der Waals surface area contributed by atoms with E-state index in [4.69, 9.17) is 0 Å². The minimum atomic E-state index is -0.409. The van der Waals surface area contributed by atoms with Gasteiger partial charge in [0.05, 0.1) is 16.8 Å². The number of rotatable bonds is 2. The van der Waals surface area contributed by atoms with E-state index in [1.165, 1.54) is 23.6 Å². The van der Waals surface area contributed by atoms with Crippen LogP contribution in [0.25, 0.3) is 10.6 Å². The van der Waals surface area contributed by atoms with E-state index in [-0.39, 0.29) is 0 Å². The summed E-state index contributed by atoms with van der Waals surface area (Å²) in [5.41, 5.74) is 1.26. The lowest BCUT2D eigenvalue weighted by molar-refractivity contribution is 0.112. The van der Waals surface area contributed by atoms with Gasteiger partial charge in [0.2, 0.25) is 0 Å². The number of nitrogens with zero attached hydrogens (tertiary/aromatic N) is 2. The van der Waals surface area contributed by atoms with E-state index in [2.05, 4.69) is 9.97 Å². The third kappa shape index (κ3) is 1.92. The molecular weight excluding hydrogens is 215 g/mol. The molecule has 0 saturated carbocycles. The molecule has 2 aromatic rings. The van der Waals surface area contributed by atoms with Crippen LogP contribution >= 0.6 is 11.3 Å². The number of aryl methyl sites for hydroxylation is 1. The van der Waals surface area contributed by atoms with Gasteiger partial charge in [-0.3, -0.25) is 9.78 Å².